The van der Waals surface area contributed by atoms with E-state index >= 15 is 0 Å². The van der Waals surface area contributed by atoms with E-state index in [-0.39, 0.29) is 5.70 Å². The van der Waals surface area contributed by atoms with Crippen LogP contribution in [0.3, 0.4) is 0 Å². The van der Waals surface area contributed by atoms with Crippen molar-refractivity contribution in [3.8, 4) is 5.75 Å². The Bertz CT molecular complexity index is 1040. The Morgan fingerprint density at radius 2 is 1.77 bits per heavy atom. The molecular formula is C22H17NO3. The third-order valence-electron chi connectivity index (χ3n) is 4.15. The molecule has 0 aliphatic carbocycles. The standard InChI is InChI=1S/C22H17NO3/c1-2-25-20-13-6-4-9-16(20)14-19-22(24)26-21(23-19)18-12-7-10-15-8-3-5-11-17(15)18/h3-14H,2H2,1H3/b19-14-. The number of benzene rings is 3. The number of esters is 1. The number of aliphatic imine (C=N–C) groups is 1. The van der Waals surface area contributed by atoms with E-state index in [1.54, 1.807) is 6.08 Å². The van der Waals surface area contributed by atoms with Gasteiger partial charge in [-0.25, -0.2) is 9.79 Å². The maximum Gasteiger partial charge on any atom is 0.363 e. The summed E-state index contributed by atoms with van der Waals surface area (Å²) in [6.45, 7) is 2.47. The van der Waals surface area contributed by atoms with Gasteiger partial charge in [0.1, 0.15) is 5.75 Å². The lowest BCUT2D eigenvalue weighted by atomic mass is 10.0. The minimum atomic E-state index is -0.459. The fourth-order valence-corrected chi connectivity index (χ4v) is 2.97. The average molecular weight is 343 g/mol. The van der Waals surface area contributed by atoms with Crippen molar-refractivity contribution in [3.05, 3.63) is 83.6 Å². The van der Waals surface area contributed by atoms with Crippen LogP contribution in [-0.2, 0) is 9.53 Å². The molecule has 0 aromatic heterocycles. The third kappa shape index (κ3) is 2.97. The topological polar surface area (TPSA) is 47.9 Å². The molecule has 0 fully saturated rings. The largest absolute Gasteiger partial charge is 0.493 e. The van der Waals surface area contributed by atoms with Crippen LogP contribution in [-0.4, -0.2) is 18.5 Å². The summed E-state index contributed by atoms with van der Waals surface area (Å²) in [6.07, 6.45) is 1.70. The van der Waals surface area contributed by atoms with E-state index in [9.17, 15) is 4.79 Å². The van der Waals surface area contributed by atoms with Gasteiger partial charge in [0, 0.05) is 11.1 Å². The zero-order chi connectivity index (χ0) is 17.9. The average Bonchev–Trinajstić information content (AvgIpc) is 3.03. The maximum absolute atomic E-state index is 12.3. The molecule has 1 aliphatic rings. The molecule has 26 heavy (non-hydrogen) atoms. The van der Waals surface area contributed by atoms with Crippen LogP contribution >= 0.6 is 0 Å². The predicted octanol–water partition coefficient (Wildman–Crippen LogP) is 4.58. The van der Waals surface area contributed by atoms with Gasteiger partial charge in [-0.3, -0.25) is 0 Å². The normalized spacial score (nSPS) is 15.2. The minimum Gasteiger partial charge on any atom is -0.493 e. The summed E-state index contributed by atoms with van der Waals surface area (Å²) in [6, 6.07) is 21.3. The molecule has 0 spiro atoms. The summed E-state index contributed by atoms with van der Waals surface area (Å²) in [5, 5.41) is 2.07. The number of ether oxygens (including phenoxy) is 2. The van der Waals surface area contributed by atoms with Gasteiger partial charge < -0.3 is 9.47 Å². The fraction of sp³-hybridized carbons (Fsp3) is 0.0909. The summed E-state index contributed by atoms with van der Waals surface area (Å²) in [5.41, 5.74) is 1.86. The molecule has 0 saturated heterocycles. The Morgan fingerprint density at radius 3 is 2.65 bits per heavy atom. The molecule has 128 valence electrons. The second-order valence-electron chi connectivity index (χ2n) is 5.83. The van der Waals surface area contributed by atoms with Gasteiger partial charge in [-0.1, -0.05) is 54.6 Å². The highest BCUT2D eigenvalue weighted by Gasteiger charge is 2.25. The number of hydrogen-bond acceptors (Lipinski definition) is 4. The van der Waals surface area contributed by atoms with Crippen molar-refractivity contribution in [3.63, 3.8) is 0 Å². The molecule has 3 aromatic rings. The maximum atomic E-state index is 12.3. The molecule has 0 radical (unpaired) electrons. The van der Waals surface area contributed by atoms with Crippen molar-refractivity contribution < 1.29 is 14.3 Å². The van der Waals surface area contributed by atoms with Crippen molar-refractivity contribution in [1.82, 2.24) is 0 Å². The first kappa shape index (κ1) is 16.1. The highest BCUT2D eigenvalue weighted by atomic mass is 16.6. The van der Waals surface area contributed by atoms with Gasteiger partial charge in [-0.05, 0) is 35.9 Å². The first-order valence-electron chi connectivity index (χ1n) is 8.49. The van der Waals surface area contributed by atoms with Crippen LogP contribution in [0.1, 0.15) is 18.1 Å². The molecule has 0 N–H and O–H groups in total. The summed E-state index contributed by atoms with van der Waals surface area (Å²) >= 11 is 0. The Morgan fingerprint density at radius 1 is 1.00 bits per heavy atom. The molecule has 1 heterocycles. The first-order chi connectivity index (χ1) is 12.8. The number of fused-ring (bicyclic) bond motifs is 1. The zero-order valence-electron chi connectivity index (χ0n) is 14.3. The van der Waals surface area contributed by atoms with Gasteiger partial charge in [0.05, 0.1) is 6.61 Å². The van der Waals surface area contributed by atoms with Gasteiger partial charge in [0.25, 0.3) is 0 Å². The quantitative estimate of drug-likeness (QED) is 0.514. The molecule has 0 atom stereocenters. The molecule has 0 bridgehead atoms. The Hall–Kier alpha value is -3.40. The van der Waals surface area contributed by atoms with Gasteiger partial charge >= 0.3 is 5.97 Å². The van der Waals surface area contributed by atoms with Crippen LogP contribution in [0.25, 0.3) is 16.8 Å². The van der Waals surface area contributed by atoms with Crippen LogP contribution in [0.4, 0.5) is 0 Å². The number of hydrogen-bond donors (Lipinski definition) is 0. The van der Waals surface area contributed by atoms with Gasteiger partial charge in [-0.15, -0.1) is 0 Å². The van der Waals surface area contributed by atoms with Crippen LogP contribution in [0.5, 0.6) is 5.75 Å². The van der Waals surface area contributed by atoms with Crippen LogP contribution in [0, 0.1) is 0 Å². The molecule has 1 aliphatic heterocycles. The lowest BCUT2D eigenvalue weighted by molar-refractivity contribution is -0.129. The van der Waals surface area contributed by atoms with Crippen molar-refractivity contribution in [2.24, 2.45) is 4.99 Å². The zero-order valence-corrected chi connectivity index (χ0v) is 14.3. The Kier molecular flexibility index (Phi) is 4.23. The van der Waals surface area contributed by atoms with E-state index in [4.69, 9.17) is 9.47 Å². The van der Waals surface area contributed by atoms with E-state index < -0.39 is 5.97 Å². The summed E-state index contributed by atoms with van der Waals surface area (Å²) in [5.74, 6) is 0.579. The molecule has 4 nitrogen and oxygen atoms in total. The Labute approximate surface area is 151 Å². The van der Waals surface area contributed by atoms with Crippen LogP contribution in [0.15, 0.2) is 77.4 Å². The lowest BCUT2D eigenvalue weighted by Gasteiger charge is -2.06. The van der Waals surface area contributed by atoms with Crippen molar-refractivity contribution in [1.29, 1.82) is 0 Å². The Balaban J connectivity index is 1.76. The van der Waals surface area contributed by atoms with E-state index in [1.807, 2.05) is 73.7 Å². The molecule has 4 heteroatoms. The monoisotopic (exact) mass is 343 g/mol. The van der Waals surface area contributed by atoms with Gasteiger partial charge in [0.15, 0.2) is 5.70 Å². The smallest absolute Gasteiger partial charge is 0.363 e. The molecule has 4 rings (SSSR count). The second-order valence-corrected chi connectivity index (χ2v) is 5.83. The van der Waals surface area contributed by atoms with E-state index in [0.717, 1.165) is 21.9 Å². The molecule has 0 amide bonds. The number of cyclic esters (lactones) is 1. The van der Waals surface area contributed by atoms with Gasteiger partial charge in [0.2, 0.25) is 5.90 Å². The molecular weight excluding hydrogens is 326 g/mol. The lowest BCUT2D eigenvalue weighted by Crippen LogP contribution is -2.06. The van der Waals surface area contributed by atoms with E-state index in [0.29, 0.717) is 18.3 Å². The number of rotatable bonds is 4. The second kappa shape index (κ2) is 6.84. The summed E-state index contributed by atoms with van der Waals surface area (Å²) < 4.78 is 11.0. The summed E-state index contributed by atoms with van der Waals surface area (Å²) in [7, 11) is 0. The highest BCUT2D eigenvalue weighted by molar-refractivity contribution is 6.17. The number of nitrogens with zero attached hydrogens (tertiary/aromatic N) is 1. The third-order valence-corrected chi connectivity index (χ3v) is 4.15. The van der Waals surface area contributed by atoms with Crippen molar-refractivity contribution in [2.45, 2.75) is 6.92 Å². The molecule has 0 saturated carbocycles. The van der Waals surface area contributed by atoms with Gasteiger partial charge in [-0.2, -0.15) is 0 Å². The fourth-order valence-electron chi connectivity index (χ4n) is 2.97. The first-order valence-corrected chi connectivity index (χ1v) is 8.49. The van der Waals surface area contributed by atoms with Crippen molar-refractivity contribution in [2.75, 3.05) is 6.61 Å². The minimum absolute atomic E-state index is 0.264. The molecule has 0 unspecified atom stereocenters. The highest BCUT2D eigenvalue weighted by Crippen LogP contribution is 2.27. The summed E-state index contributed by atoms with van der Waals surface area (Å²) in [4.78, 5) is 16.8. The van der Waals surface area contributed by atoms with E-state index in [2.05, 4.69) is 4.99 Å². The van der Waals surface area contributed by atoms with Crippen LogP contribution < -0.4 is 4.74 Å². The van der Waals surface area contributed by atoms with E-state index in [1.165, 1.54) is 0 Å². The number of carbonyl (C=O) groups is 1. The number of para-hydroxylation sites is 1. The van der Waals surface area contributed by atoms with Crippen molar-refractivity contribution >= 4 is 28.7 Å². The predicted molar refractivity (Wildman–Crippen MR) is 102 cm³/mol. The van der Waals surface area contributed by atoms with Crippen LogP contribution in [0.2, 0.25) is 0 Å². The SMILES string of the molecule is CCOc1ccccc1/C=C1\N=C(c2cccc3ccccc23)OC1=O. The molecule has 3 aromatic carbocycles. The number of carbonyl (C=O) groups excluding carboxylic acids is 1.